The predicted molar refractivity (Wildman–Crippen MR) is 108 cm³/mol. The maximum absolute atomic E-state index is 12.1. The Morgan fingerprint density at radius 1 is 0.897 bits per heavy atom. The third-order valence-electron chi connectivity index (χ3n) is 3.54. The van der Waals surface area contributed by atoms with Crippen molar-refractivity contribution in [1.82, 2.24) is 16.2 Å². The van der Waals surface area contributed by atoms with Crippen LogP contribution in [0.3, 0.4) is 0 Å². The second-order valence-corrected chi connectivity index (χ2v) is 5.87. The second kappa shape index (κ2) is 10.6. The Hall–Kier alpha value is -3.66. The molecule has 0 unspecified atom stereocenters. The van der Waals surface area contributed by atoms with Crippen LogP contribution in [0.15, 0.2) is 48.5 Å². The van der Waals surface area contributed by atoms with Crippen LogP contribution in [0.4, 0.5) is 0 Å². The molecule has 0 bridgehead atoms. The molecule has 0 fully saturated rings. The Morgan fingerprint density at radius 3 is 2.14 bits per heavy atom. The summed E-state index contributed by atoms with van der Waals surface area (Å²) < 4.78 is 15.1. The van der Waals surface area contributed by atoms with Gasteiger partial charge in [-0.05, 0) is 48.6 Å². The summed E-state index contributed by atoms with van der Waals surface area (Å²) in [6.45, 7) is -0.293. The largest absolute Gasteiger partial charge is 0.493 e. The van der Waals surface area contributed by atoms with Gasteiger partial charge >= 0.3 is 5.97 Å². The number of nitrogens with one attached hydrogen (secondary N) is 3. The molecule has 0 atom stereocenters. The Bertz CT molecular complexity index is 901. The molecule has 29 heavy (non-hydrogen) atoms. The zero-order valence-corrected chi connectivity index (χ0v) is 16.5. The lowest BCUT2D eigenvalue weighted by Crippen LogP contribution is -2.49. The number of methoxy groups -OCH3 is 2. The van der Waals surface area contributed by atoms with Crippen LogP contribution in [0.1, 0.15) is 20.7 Å². The molecule has 2 aromatic carbocycles. The molecule has 152 valence electrons. The van der Waals surface area contributed by atoms with E-state index in [9.17, 15) is 14.4 Å². The minimum atomic E-state index is -0.519. The number of para-hydroxylation sites is 2. The molecule has 0 spiro atoms. The van der Waals surface area contributed by atoms with Crippen LogP contribution in [0, 0.1) is 0 Å². The summed E-state index contributed by atoms with van der Waals surface area (Å²) in [6, 6.07) is 12.7. The van der Waals surface area contributed by atoms with Gasteiger partial charge in [-0.3, -0.25) is 25.8 Å². The molecule has 0 aliphatic rings. The molecule has 0 saturated heterocycles. The van der Waals surface area contributed by atoms with Crippen molar-refractivity contribution in [2.24, 2.45) is 0 Å². The molecule has 0 saturated carbocycles. The van der Waals surface area contributed by atoms with Crippen LogP contribution in [-0.4, -0.2) is 43.7 Å². The van der Waals surface area contributed by atoms with Crippen LogP contribution >= 0.6 is 12.2 Å². The molecule has 2 rings (SSSR count). The highest BCUT2D eigenvalue weighted by molar-refractivity contribution is 7.80. The van der Waals surface area contributed by atoms with Gasteiger partial charge < -0.3 is 14.2 Å². The molecule has 0 radical (unpaired) electrons. The number of hydrogen-bond acceptors (Lipinski definition) is 7. The van der Waals surface area contributed by atoms with Crippen LogP contribution < -0.4 is 25.6 Å². The number of hydrazine groups is 1. The van der Waals surface area contributed by atoms with Crippen molar-refractivity contribution >= 4 is 35.1 Å². The normalized spacial score (nSPS) is 9.72. The first kappa shape index (κ1) is 21.6. The SMILES string of the molecule is COC(=O)c1ccc(C(=O)NC(=S)NNC(=O)COc2ccccc2OC)cc1. The summed E-state index contributed by atoms with van der Waals surface area (Å²) >= 11 is 4.96. The van der Waals surface area contributed by atoms with E-state index in [1.54, 1.807) is 24.3 Å². The number of amides is 2. The van der Waals surface area contributed by atoms with Crippen molar-refractivity contribution in [3.63, 3.8) is 0 Å². The molecule has 9 nitrogen and oxygen atoms in total. The van der Waals surface area contributed by atoms with Crippen LogP contribution in [0.25, 0.3) is 0 Å². The first-order valence-corrected chi connectivity index (χ1v) is 8.69. The number of benzene rings is 2. The van der Waals surface area contributed by atoms with E-state index in [-0.39, 0.29) is 17.3 Å². The van der Waals surface area contributed by atoms with E-state index < -0.39 is 17.8 Å². The zero-order valence-electron chi connectivity index (χ0n) is 15.7. The van der Waals surface area contributed by atoms with Crippen molar-refractivity contribution in [1.29, 1.82) is 0 Å². The summed E-state index contributed by atoms with van der Waals surface area (Å²) in [5.41, 5.74) is 5.29. The van der Waals surface area contributed by atoms with Gasteiger partial charge in [-0.25, -0.2) is 4.79 Å². The van der Waals surface area contributed by atoms with Gasteiger partial charge in [-0.15, -0.1) is 0 Å². The van der Waals surface area contributed by atoms with Crippen LogP contribution in [-0.2, 0) is 9.53 Å². The van der Waals surface area contributed by atoms with Crippen molar-refractivity contribution in [2.75, 3.05) is 20.8 Å². The quantitative estimate of drug-likeness (QED) is 0.365. The summed E-state index contributed by atoms with van der Waals surface area (Å²) in [4.78, 5) is 35.4. The third-order valence-corrected chi connectivity index (χ3v) is 3.74. The van der Waals surface area contributed by atoms with Crippen LogP contribution in [0.2, 0.25) is 0 Å². The van der Waals surface area contributed by atoms with E-state index in [0.29, 0.717) is 17.1 Å². The molecule has 2 amide bonds. The summed E-state index contributed by atoms with van der Waals surface area (Å²) in [6.07, 6.45) is 0. The lowest BCUT2D eigenvalue weighted by atomic mass is 10.1. The van der Waals surface area contributed by atoms with Crippen LogP contribution in [0.5, 0.6) is 11.5 Å². The second-order valence-electron chi connectivity index (χ2n) is 5.46. The number of esters is 1. The zero-order chi connectivity index (χ0) is 21.2. The molecule has 3 N–H and O–H groups in total. The monoisotopic (exact) mass is 417 g/mol. The highest BCUT2D eigenvalue weighted by Crippen LogP contribution is 2.25. The van der Waals surface area contributed by atoms with E-state index in [0.717, 1.165) is 0 Å². The molecule has 0 heterocycles. The number of ether oxygens (including phenoxy) is 3. The third kappa shape index (κ3) is 6.47. The van der Waals surface area contributed by atoms with Gasteiger partial charge in [0.2, 0.25) is 0 Å². The minimum absolute atomic E-state index is 0.113. The lowest BCUT2D eigenvalue weighted by Gasteiger charge is -2.12. The topological polar surface area (TPSA) is 115 Å². The summed E-state index contributed by atoms with van der Waals surface area (Å²) in [7, 11) is 2.76. The Balaban J connectivity index is 1.77. The highest BCUT2D eigenvalue weighted by atomic mass is 32.1. The lowest BCUT2D eigenvalue weighted by molar-refractivity contribution is -0.123. The van der Waals surface area contributed by atoms with E-state index >= 15 is 0 Å². The van der Waals surface area contributed by atoms with Gasteiger partial charge in [0.25, 0.3) is 11.8 Å². The van der Waals surface area contributed by atoms with Gasteiger partial charge in [0.15, 0.2) is 23.2 Å². The van der Waals surface area contributed by atoms with Crippen molar-refractivity contribution < 1.29 is 28.6 Å². The average Bonchev–Trinajstić information content (AvgIpc) is 2.75. The minimum Gasteiger partial charge on any atom is -0.493 e. The first-order chi connectivity index (χ1) is 13.9. The van der Waals surface area contributed by atoms with E-state index in [1.165, 1.54) is 38.5 Å². The van der Waals surface area contributed by atoms with Gasteiger partial charge in [0.1, 0.15) is 0 Å². The first-order valence-electron chi connectivity index (χ1n) is 8.29. The predicted octanol–water partition coefficient (Wildman–Crippen LogP) is 1.20. The molecular weight excluding hydrogens is 398 g/mol. The smallest absolute Gasteiger partial charge is 0.337 e. The van der Waals surface area contributed by atoms with E-state index in [4.69, 9.17) is 21.7 Å². The molecule has 0 aromatic heterocycles. The fourth-order valence-corrected chi connectivity index (χ4v) is 2.27. The Kier molecular flexibility index (Phi) is 7.92. The van der Waals surface area contributed by atoms with Gasteiger partial charge in [0.05, 0.1) is 19.8 Å². The van der Waals surface area contributed by atoms with E-state index in [2.05, 4.69) is 20.9 Å². The molecule has 0 aliphatic carbocycles. The maximum Gasteiger partial charge on any atom is 0.337 e. The molecular formula is C19H19N3O6S. The standard InChI is InChI=1S/C19H19N3O6S/c1-26-14-5-3-4-6-15(14)28-11-16(23)21-22-19(29)20-17(24)12-7-9-13(10-8-12)18(25)27-2/h3-10H,11H2,1-2H3,(H,21,23)(H2,20,22,24,29). The number of rotatable bonds is 6. The van der Waals surface area contributed by atoms with Crippen molar-refractivity contribution in [3.8, 4) is 11.5 Å². The van der Waals surface area contributed by atoms with Gasteiger partial charge in [-0.1, -0.05) is 12.1 Å². The maximum atomic E-state index is 12.1. The Labute approximate surface area is 172 Å². The average molecular weight is 417 g/mol. The summed E-state index contributed by atoms with van der Waals surface area (Å²) in [5.74, 6) is -0.633. The van der Waals surface area contributed by atoms with Gasteiger partial charge in [-0.2, -0.15) is 0 Å². The highest BCUT2D eigenvalue weighted by Gasteiger charge is 2.11. The molecule has 0 aliphatic heterocycles. The molecule has 2 aromatic rings. The van der Waals surface area contributed by atoms with Crippen molar-refractivity contribution in [2.45, 2.75) is 0 Å². The number of carbonyl (C=O) groups excluding carboxylic acids is 3. The van der Waals surface area contributed by atoms with E-state index in [1.807, 2.05) is 0 Å². The van der Waals surface area contributed by atoms with Crippen molar-refractivity contribution in [3.05, 3.63) is 59.7 Å². The number of thiocarbonyl (C=S) groups is 1. The summed E-state index contributed by atoms with van der Waals surface area (Å²) in [5, 5.41) is 2.28. The number of carbonyl (C=O) groups is 3. The fourth-order valence-electron chi connectivity index (χ4n) is 2.13. The van der Waals surface area contributed by atoms with Gasteiger partial charge in [0, 0.05) is 5.56 Å². The Morgan fingerprint density at radius 2 is 1.52 bits per heavy atom. The number of hydrogen-bond donors (Lipinski definition) is 3. The fraction of sp³-hybridized carbons (Fsp3) is 0.158. The molecule has 10 heteroatoms.